The second kappa shape index (κ2) is 10.9. The van der Waals surface area contributed by atoms with Gasteiger partial charge < -0.3 is 15.0 Å². The molecule has 0 aliphatic carbocycles. The third-order valence-corrected chi connectivity index (χ3v) is 5.09. The fourth-order valence-electron chi connectivity index (χ4n) is 3.19. The molecular weight excluding hydrogens is 332 g/mol. The van der Waals surface area contributed by atoms with Gasteiger partial charge in [-0.1, -0.05) is 48.0 Å². The van der Waals surface area contributed by atoms with Crippen LogP contribution in [-0.4, -0.2) is 39.8 Å². The zero-order valence-corrected chi connectivity index (χ0v) is 17.5. The number of hydrogen-bond donors (Lipinski definition) is 2. The van der Waals surface area contributed by atoms with Crippen LogP contribution < -0.4 is 0 Å². The van der Waals surface area contributed by atoms with Crippen LogP contribution >= 0.6 is 0 Å². The minimum Gasteiger partial charge on any atom is -0.390 e. The Morgan fingerprint density at radius 2 is 1.35 bits per heavy atom. The third kappa shape index (κ3) is 6.58. The fraction of sp³-hybridized carbons (Fsp3) is 0.857. The van der Waals surface area contributed by atoms with E-state index in [0.717, 1.165) is 0 Å². The Bertz CT molecular complexity index is 469. The summed E-state index contributed by atoms with van der Waals surface area (Å²) in [5.74, 6) is -2.91. The van der Waals surface area contributed by atoms with Crippen molar-refractivity contribution in [2.24, 2.45) is 29.6 Å². The van der Waals surface area contributed by atoms with Crippen molar-refractivity contribution in [2.45, 2.75) is 85.9 Å². The topological polar surface area (TPSA) is 91.7 Å². The first-order valence-corrected chi connectivity index (χ1v) is 9.83. The molecule has 152 valence electrons. The average molecular weight is 371 g/mol. The van der Waals surface area contributed by atoms with Gasteiger partial charge in [-0.2, -0.15) is 0 Å². The molecule has 0 rings (SSSR count). The highest BCUT2D eigenvalue weighted by molar-refractivity contribution is 6.07. The smallest absolute Gasteiger partial charge is 0.177 e. The van der Waals surface area contributed by atoms with Gasteiger partial charge in [0.05, 0.1) is 17.9 Å². The number of Topliss-reactive ketones (excluding diaryl/α,β-unsaturated/α-hetero) is 2. The Balaban J connectivity index is 5.78. The molecule has 0 spiro atoms. The summed E-state index contributed by atoms with van der Waals surface area (Å²) in [6.45, 7) is 12.8. The van der Waals surface area contributed by atoms with Crippen molar-refractivity contribution in [1.82, 2.24) is 0 Å². The van der Waals surface area contributed by atoms with Gasteiger partial charge in [0.25, 0.3) is 0 Å². The number of ketones is 2. The first-order chi connectivity index (χ1) is 11.9. The van der Waals surface area contributed by atoms with E-state index in [1.165, 1.54) is 6.92 Å². The van der Waals surface area contributed by atoms with Gasteiger partial charge in [0.2, 0.25) is 0 Å². The van der Waals surface area contributed by atoms with Crippen molar-refractivity contribution >= 4 is 17.9 Å². The monoisotopic (exact) mass is 370 g/mol. The highest BCUT2D eigenvalue weighted by Crippen LogP contribution is 2.33. The first-order valence-electron chi connectivity index (χ1n) is 9.83. The van der Waals surface area contributed by atoms with Crippen molar-refractivity contribution < 1.29 is 24.6 Å². The quantitative estimate of drug-likeness (QED) is 0.384. The van der Waals surface area contributed by atoms with Gasteiger partial charge in [-0.15, -0.1) is 0 Å². The van der Waals surface area contributed by atoms with Crippen molar-refractivity contribution in [3.63, 3.8) is 0 Å². The van der Waals surface area contributed by atoms with E-state index in [1.54, 1.807) is 13.8 Å². The minimum atomic E-state index is -2.23. The lowest BCUT2D eigenvalue weighted by Gasteiger charge is -2.38. The highest BCUT2D eigenvalue weighted by atomic mass is 16.4. The van der Waals surface area contributed by atoms with Gasteiger partial charge in [0, 0.05) is 5.92 Å². The zero-order chi connectivity index (χ0) is 20.7. The maximum absolute atomic E-state index is 13.1. The van der Waals surface area contributed by atoms with Gasteiger partial charge in [-0.05, 0) is 38.0 Å². The summed E-state index contributed by atoms with van der Waals surface area (Å²) in [6, 6.07) is 0. The molecule has 0 aliphatic rings. The van der Waals surface area contributed by atoms with Crippen molar-refractivity contribution in [1.29, 1.82) is 0 Å². The van der Waals surface area contributed by atoms with Crippen LogP contribution in [0.15, 0.2) is 0 Å². The standard InChI is InChI=1S/C21H38O5/c1-13(2)8-10-17(12-22)21(26,18(23)11-9-14(3)4)20(25)16(7)19(24)15(5)6/h12-18,23,26H,8-11H2,1-7H3. The van der Waals surface area contributed by atoms with Crippen molar-refractivity contribution in [3.8, 4) is 0 Å². The lowest BCUT2D eigenvalue weighted by Crippen LogP contribution is -2.58. The first kappa shape index (κ1) is 24.9. The maximum Gasteiger partial charge on any atom is 0.177 e. The highest BCUT2D eigenvalue weighted by Gasteiger charge is 2.51. The van der Waals surface area contributed by atoms with Crippen LogP contribution in [-0.2, 0) is 14.4 Å². The van der Waals surface area contributed by atoms with Crippen LogP contribution in [0.4, 0.5) is 0 Å². The summed E-state index contributed by atoms with van der Waals surface area (Å²) in [5.41, 5.74) is -2.23. The third-order valence-electron chi connectivity index (χ3n) is 5.09. The van der Waals surface area contributed by atoms with E-state index in [1.807, 2.05) is 27.7 Å². The second-order valence-electron chi connectivity index (χ2n) is 8.67. The molecule has 5 heteroatoms. The number of aliphatic hydroxyl groups excluding tert-OH is 1. The number of aliphatic hydroxyl groups is 2. The average Bonchev–Trinajstić information content (AvgIpc) is 2.57. The summed E-state index contributed by atoms with van der Waals surface area (Å²) in [4.78, 5) is 37.1. The van der Waals surface area contributed by atoms with Gasteiger partial charge in [0.15, 0.2) is 11.4 Å². The number of hydrogen-bond acceptors (Lipinski definition) is 5. The molecule has 0 aromatic heterocycles. The predicted octanol–water partition coefficient (Wildman–Crippen LogP) is 3.20. The van der Waals surface area contributed by atoms with Gasteiger partial charge in [0.1, 0.15) is 12.1 Å². The van der Waals surface area contributed by atoms with Crippen LogP contribution in [0.1, 0.15) is 74.1 Å². The van der Waals surface area contributed by atoms with E-state index in [9.17, 15) is 24.6 Å². The molecule has 26 heavy (non-hydrogen) atoms. The molecule has 0 aromatic carbocycles. The molecule has 4 unspecified atom stereocenters. The summed E-state index contributed by atoms with van der Waals surface area (Å²) >= 11 is 0. The van der Waals surface area contributed by atoms with Gasteiger partial charge >= 0.3 is 0 Å². The molecule has 4 atom stereocenters. The molecule has 5 nitrogen and oxygen atoms in total. The molecular formula is C21H38O5. The van der Waals surface area contributed by atoms with Crippen LogP contribution in [0.25, 0.3) is 0 Å². The molecule has 0 radical (unpaired) electrons. The van der Waals surface area contributed by atoms with Crippen LogP contribution in [0.2, 0.25) is 0 Å². The molecule has 0 saturated heterocycles. The molecule has 0 aliphatic heterocycles. The van der Waals surface area contributed by atoms with E-state index >= 15 is 0 Å². The summed E-state index contributed by atoms with van der Waals surface area (Å²) in [7, 11) is 0. The van der Waals surface area contributed by atoms with E-state index < -0.39 is 29.3 Å². The minimum absolute atomic E-state index is 0.203. The Morgan fingerprint density at radius 3 is 1.73 bits per heavy atom. The van der Waals surface area contributed by atoms with Crippen LogP contribution in [0, 0.1) is 29.6 Å². The SMILES string of the molecule is CC(C)CCC(O)C(O)(C(=O)C(C)C(=O)C(C)C)C(C=O)CCC(C)C. The second-order valence-corrected chi connectivity index (χ2v) is 8.67. The maximum atomic E-state index is 13.1. The molecule has 0 saturated carbocycles. The Kier molecular flexibility index (Phi) is 10.5. The Hall–Kier alpha value is -1.07. The lowest BCUT2D eigenvalue weighted by atomic mass is 9.71. The van der Waals surface area contributed by atoms with E-state index in [4.69, 9.17) is 0 Å². The molecule has 0 aromatic rings. The van der Waals surface area contributed by atoms with Crippen LogP contribution in [0.3, 0.4) is 0 Å². The summed E-state index contributed by atoms with van der Waals surface area (Å²) in [5, 5.41) is 21.9. The predicted molar refractivity (Wildman–Crippen MR) is 103 cm³/mol. The summed E-state index contributed by atoms with van der Waals surface area (Å²) < 4.78 is 0. The zero-order valence-electron chi connectivity index (χ0n) is 17.5. The lowest BCUT2D eigenvalue weighted by molar-refractivity contribution is -0.170. The van der Waals surface area contributed by atoms with E-state index in [0.29, 0.717) is 31.5 Å². The van der Waals surface area contributed by atoms with Gasteiger partial charge in [-0.25, -0.2) is 0 Å². The normalized spacial score (nSPS) is 17.8. The Labute approximate surface area is 158 Å². The molecule has 2 N–H and O–H groups in total. The number of carbonyl (C=O) groups excluding carboxylic acids is 3. The van der Waals surface area contributed by atoms with Crippen molar-refractivity contribution in [3.05, 3.63) is 0 Å². The van der Waals surface area contributed by atoms with Crippen LogP contribution in [0.5, 0.6) is 0 Å². The fourth-order valence-corrected chi connectivity index (χ4v) is 3.19. The molecule has 0 bridgehead atoms. The number of rotatable bonds is 13. The van der Waals surface area contributed by atoms with Gasteiger partial charge in [-0.3, -0.25) is 9.59 Å². The molecule has 0 fully saturated rings. The van der Waals surface area contributed by atoms with E-state index in [2.05, 4.69) is 0 Å². The van der Waals surface area contributed by atoms with Crippen molar-refractivity contribution in [2.75, 3.05) is 0 Å². The number of aldehydes is 1. The largest absolute Gasteiger partial charge is 0.390 e. The van der Waals surface area contributed by atoms with E-state index in [-0.39, 0.29) is 24.0 Å². The number of carbonyl (C=O) groups is 3. The molecule has 0 amide bonds. The molecule has 0 heterocycles. The Morgan fingerprint density at radius 1 is 0.885 bits per heavy atom. The summed E-state index contributed by atoms with van der Waals surface area (Å²) in [6.07, 6.45) is 0.939.